The Balaban J connectivity index is 3.16. The van der Waals surface area contributed by atoms with Crippen molar-refractivity contribution >= 4 is 11.8 Å². The predicted octanol–water partition coefficient (Wildman–Crippen LogP) is -0.417. The zero-order valence-corrected chi connectivity index (χ0v) is 8.26. The molecule has 0 aliphatic rings. The topological polar surface area (TPSA) is 118 Å². The molecule has 0 unspecified atom stereocenters. The highest BCUT2D eigenvalue weighted by Crippen LogP contribution is 2.25. The molecule has 0 fully saturated rings. The molecule has 0 amide bonds. The van der Waals surface area contributed by atoms with Crippen LogP contribution in [0, 0.1) is 5.41 Å². The smallest absolute Gasteiger partial charge is 0.318 e. The molecule has 0 bridgehead atoms. The summed E-state index contributed by atoms with van der Waals surface area (Å²) in [6.07, 6.45) is 1.30. The van der Waals surface area contributed by atoms with Gasteiger partial charge in [0, 0.05) is 0 Å². The van der Waals surface area contributed by atoms with E-state index >= 15 is 0 Å². The Hall–Kier alpha value is -2.09. The van der Waals surface area contributed by atoms with Crippen LogP contribution in [0.15, 0.2) is 6.20 Å². The van der Waals surface area contributed by atoms with Crippen molar-refractivity contribution in [3.05, 3.63) is 6.20 Å². The minimum absolute atomic E-state index is 0.0334. The van der Waals surface area contributed by atoms with E-state index in [2.05, 4.69) is 9.97 Å². The van der Waals surface area contributed by atoms with Gasteiger partial charge in [0.2, 0.25) is 11.8 Å². The molecule has 1 aromatic rings. The van der Waals surface area contributed by atoms with Crippen molar-refractivity contribution in [2.45, 2.75) is 0 Å². The number of guanidine groups is 1. The number of hydroxylamine groups is 1. The molecule has 0 atom stereocenters. The van der Waals surface area contributed by atoms with E-state index in [9.17, 15) is 5.21 Å². The fourth-order valence-corrected chi connectivity index (χ4v) is 0.854. The summed E-state index contributed by atoms with van der Waals surface area (Å²) < 4.78 is 9.64. The van der Waals surface area contributed by atoms with E-state index in [4.69, 9.17) is 20.6 Å². The van der Waals surface area contributed by atoms with Gasteiger partial charge in [-0.3, -0.25) is 10.6 Å². The highest BCUT2D eigenvalue weighted by Gasteiger charge is 2.16. The summed E-state index contributed by atoms with van der Waals surface area (Å²) in [4.78, 5) is 7.54. The average molecular weight is 213 g/mol. The van der Waals surface area contributed by atoms with Crippen molar-refractivity contribution in [3.63, 3.8) is 0 Å². The van der Waals surface area contributed by atoms with Crippen LogP contribution in [0.5, 0.6) is 11.8 Å². The molecule has 1 aromatic heterocycles. The Labute approximate surface area is 85.7 Å². The zero-order chi connectivity index (χ0) is 11.4. The summed E-state index contributed by atoms with van der Waals surface area (Å²) in [6, 6.07) is 0.0334. The van der Waals surface area contributed by atoms with E-state index in [1.165, 1.54) is 20.4 Å². The molecule has 1 rings (SSSR count). The molecule has 0 saturated carbocycles. The number of rotatable bonds is 3. The molecule has 0 aliphatic carbocycles. The van der Waals surface area contributed by atoms with Crippen molar-refractivity contribution in [3.8, 4) is 11.8 Å². The molecule has 4 N–H and O–H groups in total. The second-order valence-electron chi connectivity index (χ2n) is 2.45. The third kappa shape index (κ3) is 2.23. The van der Waals surface area contributed by atoms with E-state index in [1.807, 2.05) is 0 Å². The quantitative estimate of drug-likeness (QED) is 0.354. The number of hydrogen-bond acceptors (Lipinski definition) is 6. The second kappa shape index (κ2) is 4.42. The zero-order valence-electron chi connectivity index (χ0n) is 8.26. The summed E-state index contributed by atoms with van der Waals surface area (Å²) in [5.41, 5.74) is 5.09. The van der Waals surface area contributed by atoms with Crippen molar-refractivity contribution in [1.29, 1.82) is 5.41 Å². The Morgan fingerprint density at radius 3 is 2.67 bits per heavy atom. The van der Waals surface area contributed by atoms with E-state index in [0.717, 1.165) is 0 Å². The Kier molecular flexibility index (Phi) is 3.24. The number of hydrogen-bond donors (Lipinski definition) is 3. The van der Waals surface area contributed by atoms with E-state index < -0.39 is 5.96 Å². The van der Waals surface area contributed by atoms with Gasteiger partial charge in [-0.2, -0.15) is 15.0 Å². The number of nitrogens with two attached hydrogens (primary N) is 1. The Morgan fingerprint density at radius 2 is 2.20 bits per heavy atom. The van der Waals surface area contributed by atoms with Crippen LogP contribution in [0.4, 0.5) is 5.82 Å². The molecule has 8 heteroatoms. The molecule has 15 heavy (non-hydrogen) atoms. The number of ether oxygens (including phenoxy) is 2. The minimum atomic E-state index is -0.589. The van der Waals surface area contributed by atoms with Gasteiger partial charge in [0.25, 0.3) is 0 Å². The molecule has 8 nitrogen and oxygen atoms in total. The lowest BCUT2D eigenvalue weighted by atomic mass is 10.5. The summed E-state index contributed by atoms with van der Waals surface area (Å²) in [5.74, 6) is -0.473. The first-order valence-corrected chi connectivity index (χ1v) is 3.88. The first-order valence-electron chi connectivity index (χ1n) is 3.88. The molecule has 0 radical (unpaired) electrons. The molecule has 1 heterocycles. The largest absolute Gasteiger partial charge is 0.491 e. The maximum Gasteiger partial charge on any atom is 0.318 e. The van der Waals surface area contributed by atoms with Crippen LogP contribution in [0.3, 0.4) is 0 Å². The first-order chi connectivity index (χ1) is 7.10. The highest BCUT2D eigenvalue weighted by atomic mass is 16.5. The molecule has 82 valence electrons. The number of methoxy groups -OCH3 is 2. The monoisotopic (exact) mass is 213 g/mol. The van der Waals surface area contributed by atoms with Crippen LogP contribution < -0.4 is 20.3 Å². The Morgan fingerprint density at radius 1 is 1.53 bits per heavy atom. The Bertz CT molecular complexity index is 370. The number of nitrogens with zero attached hydrogens (tertiary/aromatic N) is 3. The number of aromatic nitrogens is 2. The third-order valence-corrected chi connectivity index (χ3v) is 1.55. The molecular weight excluding hydrogens is 202 g/mol. The van der Waals surface area contributed by atoms with Crippen molar-refractivity contribution < 1.29 is 14.7 Å². The predicted molar refractivity (Wildman–Crippen MR) is 51.3 cm³/mol. The van der Waals surface area contributed by atoms with Gasteiger partial charge in [-0.25, -0.2) is 0 Å². The normalized spacial score (nSPS) is 9.53. The van der Waals surface area contributed by atoms with Crippen LogP contribution in [-0.2, 0) is 0 Å². The molecule has 0 aromatic carbocycles. The van der Waals surface area contributed by atoms with Crippen LogP contribution in [0.25, 0.3) is 0 Å². The van der Waals surface area contributed by atoms with E-state index in [0.29, 0.717) is 5.06 Å². The van der Waals surface area contributed by atoms with E-state index in [1.54, 1.807) is 0 Å². The van der Waals surface area contributed by atoms with Gasteiger partial charge >= 0.3 is 6.01 Å². The minimum Gasteiger partial charge on any atom is -0.491 e. The summed E-state index contributed by atoms with van der Waals surface area (Å²) >= 11 is 0. The lowest BCUT2D eigenvalue weighted by molar-refractivity contribution is 0.294. The fourth-order valence-electron chi connectivity index (χ4n) is 0.854. The summed E-state index contributed by atoms with van der Waals surface area (Å²) in [5, 5.41) is 16.8. The summed E-state index contributed by atoms with van der Waals surface area (Å²) in [7, 11) is 2.75. The second-order valence-corrected chi connectivity index (χ2v) is 2.45. The number of anilines is 1. The van der Waals surface area contributed by atoms with Crippen molar-refractivity contribution in [1.82, 2.24) is 9.97 Å². The van der Waals surface area contributed by atoms with Crippen molar-refractivity contribution in [2.75, 3.05) is 19.3 Å². The lowest BCUT2D eigenvalue weighted by Crippen LogP contribution is -2.34. The molecule has 0 aliphatic heterocycles. The highest BCUT2D eigenvalue weighted by molar-refractivity contribution is 5.90. The maximum atomic E-state index is 9.39. The fraction of sp³-hybridized carbons (Fsp3) is 0.286. The standard InChI is InChI=1S/C7H11N5O3/c1-14-4-3-10-7(15-2)11-5(4)12(13)6(8)9/h3,13H,1-2H3,(H3,8,9). The van der Waals surface area contributed by atoms with Crippen LogP contribution in [0.2, 0.25) is 0 Å². The molecular formula is C7H11N5O3. The average Bonchev–Trinajstić information content (AvgIpc) is 2.27. The van der Waals surface area contributed by atoms with Gasteiger partial charge in [0.1, 0.15) is 0 Å². The van der Waals surface area contributed by atoms with E-state index in [-0.39, 0.29) is 17.6 Å². The SMILES string of the molecule is COc1ncc(OC)c(N(O)C(=N)N)n1. The van der Waals surface area contributed by atoms with Gasteiger partial charge in [-0.1, -0.05) is 0 Å². The van der Waals surface area contributed by atoms with Gasteiger partial charge in [-0.15, -0.1) is 0 Å². The van der Waals surface area contributed by atoms with Crippen molar-refractivity contribution in [2.24, 2.45) is 5.73 Å². The van der Waals surface area contributed by atoms with Crippen LogP contribution >= 0.6 is 0 Å². The molecule has 0 spiro atoms. The first kappa shape index (κ1) is 11.0. The third-order valence-electron chi connectivity index (χ3n) is 1.55. The maximum absolute atomic E-state index is 9.39. The van der Waals surface area contributed by atoms with Gasteiger partial charge in [-0.05, 0) is 0 Å². The van der Waals surface area contributed by atoms with Gasteiger partial charge in [0.15, 0.2) is 5.75 Å². The van der Waals surface area contributed by atoms with Gasteiger partial charge < -0.3 is 15.2 Å². The summed E-state index contributed by atoms with van der Waals surface area (Å²) in [6.45, 7) is 0. The van der Waals surface area contributed by atoms with Gasteiger partial charge in [0.05, 0.1) is 20.4 Å². The number of nitrogens with one attached hydrogen (secondary N) is 1. The van der Waals surface area contributed by atoms with Crippen LogP contribution in [-0.4, -0.2) is 35.4 Å². The van der Waals surface area contributed by atoms with Crippen LogP contribution in [0.1, 0.15) is 0 Å². The lowest BCUT2D eigenvalue weighted by Gasteiger charge is -2.15. The molecule has 0 saturated heterocycles.